The lowest BCUT2D eigenvalue weighted by Gasteiger charge is -2.12. The SMILES string of the molecule is Cc1c[n+](C)c(-c2c(C)ccc3c2oc2c(C)c(F)cc(F)c23)cc1C(C)C. The first kappa shape index (κ1) is 18.6. The molecule has 0 bridgehead atoms. The van der Waals surface area contributed by atoms with Crippen molar-refractivity contribution >= 4 is 21.9 Å². The maximum absolute atomic E-state index is 14.6. The van der Waals surface area contributed by atoms with Crippen molar-refractivity contribution in [1.29, 1.82) is 0 Å². The van der Waals surface area contributed by atoms with E-state index in [1.165, 1.54) is 11.1 Å². The number of benzene rings is 2. The van der Waals surface area contributed by atoms with Crippen LogP contribution in [-0.4, -0.2) is 0 Å². The average Bonchev–Trinajstić information content (AvgIpc) is 3.00. The smallest absolute Gasteiger partial charge is 0.216 e. The summed E-state index contributed by atoms with van der Waals surface area (Å²) in [6.45, 7) is 10.1. The van der Waals surface area contributed by atoms with Gasteiger partial charge in [-0.15, -0.1) is 0 Å². The molecule has 0 amide bonds. The van der Waals surface area contributed by atoms with Gasteiger partial charge in [0.05, 0.1) is 10.9 Å². The third-order valence-electron chi connectivity index (χ3n) is 5.65. The highest BCUT2D eigenvalue weighted by molar-refractivity contribution is 6.10. The van der Waals surface area contributed by atoms with Crippen LogP contribution in [0.2, 0.25) is 0 Å². The molecule has 0 fully saturated rings. The molecule has 4 heteroatoms. The highest BCUT2D eigenvalue weighted by Crippen LogP contribution is 2.40. The molecule has 2 nitrogen and oxygen atoms in total. The van der Waals surface area contributed by atoms with Gasteiger partial charge >= 0.3 is 0 Å². The van der Waals surface area contributed by atoms with Crippen LogP contribution in [0, 0.1) is 32.4 Å². The Morgan fingerprint density at radius 2 is 1.64 bits per heavy atom. The Hall–Kier alpha value is -2.75. The number of halogens is 2. The quantitative estimate of drug-likeness (QED) is 0.368. The van der Waals surface area contributed by atoms with Crippen molar-refractivity contribution in [2.45, 2.75) is 40.5 Å². The average molecular weight is 380 g/mol. The first-order valence-electron chi connectivity index (χ1n) is 9.51. The fourth-order valence-corrected chi connectivity index (χ4v) is 4.15. The fraction of sp³-hybridized carbons (Fsp3) is 0.292. The van der Waals surface area contributed by atoms with E-state index in [0.717, 1.165) is 22.9 Å². The lowest BCUT2D eigenvalue weighted by atomic mass is 9.94. The van der Waals surface area contributed by atoms with Crippen molar-refractivity contribution in [3.05, 3.63) is 64.4 Å². The molecule has 0 spiro atoms. The molecule has 0 N–H and O–H groups in total. The lowest BCUT2D eigenvalue weighted by Crippen LogP contribution is -2.32. The third-order valence-corrected chi connectivity index (χ3v) is 5.65. The number of nitrogens with zero attached hydrogens (tertiary/aromatic N) is 1. The molecule has 0 aliphatic heterocycles. The second-order valence-electron chi connectivity index (χ2n) is 7.97. The number of fused-ring (bicyclic) bond motifs is 3. The van der Waals surface area contributed by atoms with Crippen LogP contribution in [0.1, 0.15) is 42.0 Å². The molecule has 0 radical (unpaired) electrons. The van der Waals surface area contributed by atoms with Crippen LogP contribution in [0.5, 0.6) is 0 Å². The minimum absolute atomic E-state index is 0.276. The Morgan fingerprint density at radius 3 is 2.32 bits per heavy atom. The van der Waals surface area contributed by atoms with E-state index >= 15 is 0 Å². The minimum atomic E-state index is -0.595. The van der Waals surface area contributed by atoms with Crippen LogP contribution in [0.25, 0.3) is 33.2 Å². The Morgan fingerprint density at radius 1 is 0.929 bits per heavy atom. The number of furan rings is 1. The summed E-state index contributed by atoms with van der Waals surface area (Å²) in [4.78, 5) is 0. The van der Waals surface area contributed by atoms with E-state index in [0.29, 0.717) is 27.8 Å². The van der Waals surface area contributed by atoms with Gasteiger partial charge in [-0.25, -0.2) is 13.3 Å². The molecule has 0 saturated carbocycles. The Kier molecular flexibility index (Phi) is 4.25. The summed E-state index contributed by atoms with van der Waals surface area (Å²) in [6, 6.07) is 6.95. The number of rotatable bonds is 2. The zero-order valence-corrected chi connectivity index (χ0v) is 17.1. The first-order valence-corrected chi connectivity index (χ1v) is 9.51. The van der Waals surface area contributed by atoms with E-state index in [-0.39, 0.29) is 5.58 Å². The molecular formula is C24H24F2NO+. The van der Waals surface area contributed by atoms with E-state index < -0.39 is 11.6 Å². The molecule has 0 atom stereocenters. The predicted octanol–water partition coefficient (Wildman–Crippen LogP) is 6.40. The Labute approximate surface area is 163 Å². The summed E-state index contributed by atoms with van der Waals surface area (Å²) in [7, 11) is 2.00. The molecule has 0 aliphatic carbocycles. The van der Waals surface area contributed by atoms with Crippen molar-refractivity contribution < 1.29 is 17.8 Å². The zero-order chi connectivity index (χ0) is 20.3. The van der Waals surface area contributed by atoms with Gasteiger partial charge in [-0.05, 0) is 37.8 Å². The molecule has 144 valence electrons. The Balaban J connectivity index is 2.16. The molecule has 28 heavy (non-hydrogen) atoms. The van der Waals surface area contributed by atoms with E-state index in [4.69, 9.17) is 4.42 Å². The highest BCUT2D eigenvalue weighted by atomic mass is 19.1. The minimum Gasteiger partial charge on any atom is -0.455 e. The maximum Gasteiger partial charge on any atom is 0.216 e. The second kappa shape index (κ2) is 6.40. The van der Waals surface area contributed by atoms with Gasteiger partial charge < -0.3 is 4.42 Å². The van der Waals surface area contributed by atoms with E-state index in [1.54, 1.807) is 6.92 Å². The summed E-state index contributed by atoms with van der Waals surface area (Å²) < 4.78 is 36.9. The fourth-order valence-electron chi connectivity index (χ4n) is 4.15. The number of hydrogen-bond acceptors (Lipinski definition) is 1. The standard InChI is InChI=1S/C24H24F2NO/c1-12(2)17-9-20(27(6)11-14(17)4)21-13(3)7-8-16-22-19(26)10-18(25)15(5)23(22)28-24(16)21/h7-12H,1-6H3/q+1. The molecule has 2 aromatic carbocycles. The van der Waals surface area contributed by atoms with E-state index in [2.05, 4.69) is 37.6 Å². The lowest BCUT2D eigenvalue weighted by molar-refractivity contribution is -0.660. The third kappa shape index (κ3) is 2.62. The van der Waals surface area contributed by atoms with Crippen molar-refractivity contribution in [2.75, 3.05) is 0 Å². The van der Waals surface area contributed by atoms with Crippen LogP contribution >= 0.6 is 0 Å². The van der Waals surface area contributed by atoms with Crippen molar-refractivity contribution in [3.63, 3.8) is 0 Å². The predicted molar refractivity (Wildman–Crippen MR) is 109 cm³/mol. The number of aryl methyl sites for hydroxylation is 4. The molecular weight excluding hydrogens is 356 g/mol. The van der Waals surface area contributed by atoms with Crippen LogP contribution in [0.4, 0.5) is 8.78 Å². The van der Waals surface area contributed by atoms with Crippen LogP contribution in [0.15, 0.2) is 34.9 Å². The summed E-state index contributed by atoms with van der Waals surface area (Å²) >= 11 is 0. The number of hydrogen-bond donors (Lipinski definition) is 0. The normalized spacial score (nSPS) is 11.9. The van der Waals surface area contributed by atoms with E-state index in [1.807, 2.05) is 26.1 Å². The largest absolute Gasteiger partial charge is 0.455 e. The Bertz CT molecular complexity index is 1250. The van der Waals surface area contributed by atoms with Gasteiger partial charge in [-0.3, -0.25) is 0 Å². The van der Waals surface area contributed by atoms with Crippen LogP contribution in [-0.2, 0) is 7.05 Å². The van der Waals surface area contributed by atoms with E-state index in [9.17, 15) is 8.78 Å². The zero-order valence-electron chi connectivity index (χ0n) is 17.1. The van der Waals surface area contributed by atoms with Gasteiger partial charge in [-0.2, -0.15) is 0 Å². The summed E-state index contributed by atoms with van der Waals surface area (Å²) in [6.07, 6.45) is 2.11. The van der Waals surface area contributed by atoms with Crippen LogP contribution in [0.3, 0.4) is 0 Å². The maximum atomic E-state index is 14.6. The summed E-state index contributed by atoms with van der Waals surface area (Å²) in [5.41, 5.74) is 6.61. The number of aromatic nitrogens is 1. The topological polar surface area (TPSA) is 17.0 Å². The second-order valence-corrected chi connectivity index (χ2v) is 7.97. The summed E-state index contributed by atoms with van der Waals surface area (Å²) in [5.74, 6) is -0.808. The molecule has 0 saturated heterocycles. The van der Waals surface area contributed by atoms with Crippen molar-refractivity contribution in [3.8, 4) is 11.3 Å². The molecule has 4 rings (SSSR count). The highest BCUT2D eigenvalue weighted by Gasteiger charge is 2.25. The molecule has 2 aromatic heterocycles. The van der Waals surface area contributed by atoms with Crippen molar-refractivity contribution in [2.24, 2.45) is 7.05 Å². The monoisotopic (exact) mass is 380 g/mol. The van der Waals surface area contributed by atoms with Gasteiger partial charge in [0, 0.05) is 28.6 Å². The van der Waals surface area contributed by atoms with Gasteiger partial charge in [0.15, 0.2) is 6.20 Å². The van der Waals surface area contributed by atoms with Gasteiger partial charge in [0.2, 0.25) is 5.69 Å². The van der Waals surface area contributed by atoms with Gasteiger partial charge in [0.1, 0.15) is 29.8 Å². The van der Waals surface area contributed by atoms with Gasteiger partial charge in [-0.1, -0.05) is 26.0 Å². The van der Waals surface area contributed by atoms with Gasteiger partial charge in [0.25, 0.3) is 0 Å². The van der Waals surface area contributed by atoms with Crippen molar-refractivity contribution in [1.82, 2.24) is 0 Å². The molecule has 4 aromatic rings. The van der Waals surface area contributed by atoms with Crippen LogP contribution < -0.4 is 4.57 Å². The first-order chi connectivity index (χ1) is 13.2. The molecule has 0 unspecified atom stereocenters. The number of pyridine rings is 1. The molecule has 2 heterocycles. The summed E-state index contributed by atoms with van der Waals surface area (Å²) in [5, 5.41) is 1.01. The molecule has 0 aliphatic rings.